The summed E-state index contributed by atoms with van der Waals surface area (Å²) in [5.41, 5.74) is 0. The van der Waals surface area contributed by atoms with Crippen LogP contribution in [0.15, 0.2) is 24.8 Å². The molecule has 0 spiro atoms. The minimum atomic E-state index is 0.909. The third-order valence-electron chi connectivity index (χ3n) is 9.86. The van der Waals surface area contributed by atoms with Gasteiger partial charge in [0.15, 0.2) is 0 Å². The predicted octanol–water partition coefficient (Wildman–Crippen LogP) is 8.97. The van der Waals surface area contributed by atoms with E-state index < -0.39 is 0 Å². The third-order valence-corrected chi connectivity index (χ3v) is 9.86. The molecule has 0 bridgehead atoms. The first kappa shape index (κ1) is 21.7. The second-order valence-electron chi connectivity index (χ2n) is 11.6. The minimum absolute atomic E-state index is 0.909. The Bertz CT molecular complexity index is 506. The predicted molar refractivity (Wildman–Crippen MR) is 127 cm³/mol. The average Bonchev–Trinajstić information content (AvgIpc) is 2.79. The molecule has 0 aliphatic heterocycles. The van der Waals surface area contributed by atoms with Gasteiger partial charge in [0.2, 0.25) is 0 Å². The lowest BCUT2D eigenvalue weighted by Gasteiger charge is -2.40. The molecule has 2 unspecified atom stereocenters. The normalized spacial score (nSPS) is 43.8. The summed E-state index contributed by atoms with van der Waals surface area (Å²) in [4.78, 5) is 0. The molecule has 0 aromatic heterocycles. The summed E-state index contributed by atoms with van der Waals surface area (Å²) in [7, 11) is 0. The molecule has 4 rings (SSSR count). The van der Waals surface area contributed by atoms with Gasteiger partial charge in [0.05, 0.1) is 0 Å². The van der Waals surface area contributed by atoms with Crippen molar-refractivity contribution in [3.8, 4) is 0 Å². The summed E-state index contributed by atoms with van der Waals surface area (Å²) in [5, 5.41) is 0. The number of allylic oxidation sites excluding steroid dienone is 3. The van der Waals surface area contributed by atoms with Gasteiger partial charge in [0, 0.05) is 0 Å². The van der Waals surface area contributed by atoms with Crippen LogP contribution in [0.5, 0.6) is 0 Å². The van der Waals surface area contributed by atoms with Crippen molar-refractivity contribution in [2.24, 2.45) is 47.3 Å². The minimum Gasteiger partial charge on any atom is -0.103 e. The van der Waals surface area contributed by atoms with Crippen LogP contribution in [-0.4, -0.2) is 0 Å². The van der Waals surface area contributed by atoms with Crippen LogP contribution < -0.4 is 0 Å². The van der Waals surface area contributed by atoms with E-state index in [9.17, 15) is 0 Å². The average molecular weight is 397 g/mol. The quantitative estimate of drug-likeness (QED) is 0.393. The van der Waals surface area contributed by atoms with Crippen molar-refractivity contribution in [1.82, 2.24) is 0 Å². The smallest absolute Gasteiger partial charge is 0.0205 e. The molecule has 2 atom stereocenters. The lowest BCUT2D eigenvalue weighted by Crippen LogP contribution is -2.29. The highest BCUT2D eigenvalue weighted by Crippen LogP contribution is 2.46. The van der Waals surface area contributed by atoms with E-state index in [2.05, 4.69) is 31.7 Å². The van der Waals surface area contributed by atoms with Crippen molar-refractivity contribution in [2.45, 2.75) is 110 Å². The van der Waals surface area contributed by atoms with Gasteiger partial charge in [-0.25, -0.2) is 0 Å². The van der Waals surface area contributed by atoms with Crippen LogP contribution >= 0.6 is 0 Å². The van der Waals surface area contributed by atoms with Crippen LogP contribution in [0.1, 0.15) is 110 Å². The molecule has 3 saturated carbocycles. The fourth-order valence-corrected chi connectivity index (χ4v) is 7.71. The lowest BCUT2D eigenvalue weighted by molar-refractivity contribution is 0.128. The van der Waals surface area contributed by atoms with E-state index in [1.807, 2.05) is 0 Å². The molecule has 0 amide bonds. The van der Waals surface area contributed by atoms with E-state index in [0.717, 1.165) is 47.3 Å². The van der Waals surface area contributed by atoms with Crippen LogP contribution in [-0.2, 0) is 0 Å². The molecule has 164 valence electrons. The van der Waals surface area contributed by atoms with Gasteiger partial charge in [-0.15, -0.1) is 6.58 Å². The van der Waals surface area contributed by atoms with Gasteiger partial charge in [0.25, 0.3) is 0 Å². The zero-order chi connectivity index (χ0) is 20.1. The van der Waals surface area contributed by atoms with Crippen molar-refractivity contribution in [3.05, 3.63) is 24.8 Å². The summed E-state index contributed by atoms with van der Waals surface area (Å²) < 4.78 is 0. The second-order valence-corrected chi connectivity index (χ2v) is 11.6. The van der Waals surface area contributed by atoms with Gasteiger partial charge in [-0.3, -0.25) is 0 Å². The molecule has 0 saturated heterocycles. The van der Waals surface area contributed by atoms with Crippen LogP contribution in [0.3, 0.4) is 0 Å². The molecule has 0 aromatic rings. The SMILES string of the molecule is C=CCCC1CCC(C2C=CC(C3CCC(C4CCC(C)CC4)CC3)CC2)CC1. The topological polar surface area (TPSA) is 0 Å². The van der Waals surface area contributed by atoms with Crippen LogP contribution in [0.25, 0.3) is 0 Å². The molecule has 0 N–H and O–H groups in total. The summed E-state index contributed by atoms with van der Waals surface area (Å²) in [6, 6.07) is 0. The summed E-state index contributed by atoms with van der Waals surface area (Å²) >= 11 is 0. The Balaban J connectivity index is 1.18. The van der Waals surface area contributed by atoms with Crippen LogP contribution in [0.2, 0.25) is 0 Å². The van der Waals surface area contributed by atoms with Crippen molar-refractivity contribution in [1.29, 1.82) is 0 Å². The molecule has 0 nitrogen and oxygen atoms in total. The van der Waals surface area contributed by atoms with E-state index in [1.165, 1.54) is 89.9 Å². The summed E-state index contributed by atoms with van der Waals surface area (Å²) in [5.74, 6) is 8.00. The highest BCUT2D eigenvalue weighted by molar-refractivity contribution is 5.03. The molecular formula is C29H48. The van der Waals surface area contributed by atoms with E-state index in [0.29, 0.717) is 0 Å². The Morgan fingerprint density at radius 3 is 1.55 bits per heavy atom. The molecule has 0 heterocycles. The molecular weight excluding hydrogens is 348 g/mol. The summed E-state index contributed by atoms with van der Waals surface area (Å²) in [6.45, 7) is 6.36. The maximum Gasteiger partial charge on any atom is -0.0205 e. The van der Waals surface area contributed by atoms with E-state index in [4.69, 9.17) is 0 Å². The van der Waals surface area contributed by atoms with Crippen molar-refractivity contribution >= 4 is 0 Å². The molecule has 0 aromatic carbocycles. The van der Waals surface area contributed by atoms with Crippen LogP contribution in [0, 0.1) is 47.3 Å². The zero-order valence-electron chi connectivity index (χ0n) is 19.4. The summed E-state index contributed by atoms with van der Waals surface area (Å²) in [6.07, 6.45) is 31.3. The highest BCUT2D eigenvalue weighted by Gasteiger charge is 2.34. The van der Waals surface area contributed by atoms with Crippen molar-refractivity contribution in [3.63, 3.8) is 0 Å². The standard InChI is InChI=1S/C29H48/c1-3-4-5-23-8-12-25(13-9-23)27-16-20-29(21-17-27)28-18-14-26(15-19-28)24-10-6-22(2)7-11-24/h3,16,20,22-29H,1,4-15,17-19,21H2,2H3. The van der Waals surface area contributed by atoms with Gasteiger partial charge >= 0.3 is 0 Å². The second kappa shape index (κ2) is 10.7. The number of rotatable bonds is 6. The highest BCUT2D eigenvalue weighted by atomic mass is 14.4. The Hall–Kier alpha value is -0.520. The molecule has 0 heteroatoms. The van der Waals surface area contributed by atoms with Gasteiger partial charge in [-0.1, -0.05) is 50.8 Å². The van der Waals surface area contributed by atoms with Gasteiger partial charge in [-0.2, -0.15) is 0 Å². The monoisotopic (exact) mass is 396 g/mol. The first-order chi connectivity index (χ1) is 14.2. The van der Waals surface area contributed by atoms with Gasteiger partial charge in [0.1, 0.15) is 0 Å². The largest absolute Gasteiger partial charge is 0.103 e. The molecule has 4 aliphatic carbocycles. The van der Waals surface area contributed by atoms with Gasteiger partial charge < -0.3 is 0 Å². The maximum absolute atomic E-state index is 3.90. The number of hydrogen-bond acceptors (Lipinski definition) is 0. The Kier molecular flexibility index (Phi) is 7.99. The molecule has 4 aliphatic rings. The Labute approximate surface area is 182 Å². The third kappa shape index (κ3) is 5.80. The fourth-order valence-electron chi connectivity index (χ4n) is 7.71. The maximum atomic E-state index is 3.90. The molecule has 0 radical (unpaired) electrons. The van der Waals surface area contributed by atoms with E-state index >= 15 is 0 Å². The molecule has 29 heavy (non-hydrogen) atoms. The van der Waals surface area contributed by atoms with Crippen LogP contribution in [0.4, 0.5) is 0 Å². The lowest BCUT2D eigenvalue weighted by atomic mass is 9.65. The fraction of sp³-hybridized carbons (Fsp3) is 0.862. The Morgan fingerprint density at radius 2 is 1.07 bits per heavy atom. The van der Waals surface area contributed by atoms with E-state index in [1.54, 1.807) is 12.8 Å². The Morgan fingerprint density at radius 1 is 0.621 bits per heavy atom. The van der Waals surface area contributed by atoms with Crippen molar-refractivity contribution < 1.29 is 0 Å². The zero-order valence-corrected chi connectivity index (χ0v) is 19.4. The first-order valence-electron chi connectivity index (χ1n) is 13.5. The molecule has 3 fully saturated rings. The van der Waals surface area contributed by atoms with Gasteiger partial charge in [-0.05, 0) is 124 Å². The first-order valence-corrected chi connectivity index (χ1v) is 13.5. The van der Waals surface area contributed by atoms with Crippen molar-refractivity contribution in [2.75, 3.05) is 0 Å². The number of hydrogen-bond donors (Lipinski definition) is 0. The van der Waals surface area contributed by atoms with E-state index in [-0.39, 0.29) is 0 Å².